The zero-order valence-corrected chi connectivity index (χ0v) is 13.3. The fraction of sp³-hybridized carbons (Fsp3) is 0.353. The molecule has 2 aromatic rings. The van der Waals surface area contributed by atoms with Crippen LogP contribution in [0.15, 0.2) is 24.5 Å². The highest BCUT2D eigenvalue weighted by atomic mass is 32.1. The van der Waals surface area contributed by atoms with Gasteiger partial charge in [-0.05, 0) is 42.5 Å². The second kappa shape index (κ2) is 5.76. The highest BCUT2D eigenvalue weighted by Gasteiger charge is 2.44. The second-order valence-corrected chi connectivity index (χ2v) is 7.08. The maximum Gasteiger partial charge on any atom is 0.228 e. The lowest BCUT2D eigenvalue weighted by Crippen LogP contribution is -2.22. The van der Waals surface area contributed by atoms with Crippen LogP contribution in [0.5, 0.6) is 0 Å². The SMILES string of the molecule is N#Cc1c(NC(=O)C2CC2c2cccnc2)sc2c1CCNC2. The molecule has 1 fully saturated rings. The molecule has 3 heterocycles. The number of nitriles is 1. The zero-order valence-electron chi connectivity index (χ0n) is 12.5. The number of thiophene rings is 1. The van der Waals surface area contributed by atoms with E-state index in [0.29, 0.717) is 10.6 Å². The molecule has 1 saturated carbocycles. The Kier molecular flexibility index (Phi) is 3.60. The molecular formula is C17H16N4OS. The molecule has 2 aromatic heterocycles. The highest BCUT2D eigenvalue weighted by molar-refractivity contribution is 7.16. The average molecular weight is 324 g/mol. The van der Waals surface area contributed by atoms with Crippen molar-refractivity contribution in [1.82, 2.24) is 10.3 Å². The fourth-order valence-corrected chi connectivity index (χ4v) is 4.36. The number of carbonyl (C=O) groups is 1. The van der Waals surface area contributed by atoms with Gasteiger partial charge in [0.05, 0.1) is 5.56 Å². The number of pyridine rings is 1. The van der Waals surface area contributed by atoms with Gasteiger partial charge >= 0.3 is 0 Å². The van der Waals surface area contributed by atoms with Crippen LogP contribution in [0.4, 0.5) is 5.00 Å². The Morgan fingerprint density at radius 3 is 3.22 bits per heavy atom. The van der Waals surface area contributed by atoms with Crippen LogP contribution in [0.25, 0.3) is 0 Å². The van der Waals surface area contributed by atoms with E-state index in [1.54, 1.807) is 6.20 Å². The van der Waals surface area contributed by atoms with E-state index in [-0.39, 0.29) is 17.7 Å². The van der Waals surface area contributed by atoms with Gasteiger partial charge in [0.2, 0.25) is 5.91 Å². The van der Waals surface area contributed by atoms with E-state index in [0.717, 1.165) is 37.1 Å². The van der Waals surface area contributed by atoms with Gasteiger partial charge < -0.3 is 10.6 Å². The fourth-order valence-electron chi connectivity index (χ4n) is 3.19. The number of nitrogens with zero attached hydrogens (tertiary/aromatic N) is 2. The van der Waals surface area contributed by atoms with Gasteiger partial charge in [-0.25, -0.2) is 0 Å². The van der Waals surface area contributed by atoms with E-state index in [4.69, 9.17) is 0 Å². The van der Waals surface area contributed by atoms with E-state index < -0.39 is 0 Å². The monoisotopic (exact) mass is 324 g/mol. The van der Waals surface area contributed by atoms with Crippen LogP contribution < -0.4 is 10.6 Å². The number of carbonyl (C=O) groups excluding carboxylic acids is 1. The molecule has 2 N–H and O–H groups in total. The van der Waals surface area contributed by atoms with Crippen molar-refractivity contribution in [1.29, 1.82) is 5.26 Å². The lowest BCUT2D eigenvalue weighted by Gasteiger charge is -2.11. The molecular weight excluding hydrogens is 308 g/mol. The number of anilines is 1. The molecule has 1 aliphatic carbocycles. The average Bonchev–Trinajstić information content (AvgIpc) is 3.31. The Morgan fingerprint density at radius 2 is 2.43 bits per heavy atom. The van der Waals surface area contributed by atoms with E-state index in [1.807, 2.05) is 18.3 Å². The smallest absolute Gasteiger partial charge is 0.228 e. The number of rotatable bonds is 3. The summed E-state index contributed by atoms with van der Waals surface area (Å²) >= 11 is 1.53. The van der Waals surface area contributed by atoms with Crippen LogP contribution >= 0.6 is 11.3 Å². The Balaban J connectivity index is 1.50. The third-order valence-corrected chi connectivity index (χ3v) is 5.66. The normalized spacial score (nSPS) is 22.0. The van der Waals surface area contributed by atoms with Gasteiger partial charge in [0.25, 0.3) is 0 Å². The van der Waals surface area contributed by atoms with Gasteiger partial charge in [-0.15, -0.1) is 11.3 Å². The van der Waals surface area contributed by atoms with E-state index >= 15 is 0 Å². The van der Waals surface area contributed by atoms with Crippen molar-refractivity contribution in [2.75, 3.05) is 11.9 Å². The molecule has 0 bridgehead atoms. The van der Waals surface area contributed by atoms with Crippen LogP contribution in [0.3, 0.4) is 0 Å². The number of nitrogens with one attached hydrogen (secondary N) is 2. The Morgan fingerprint density at radius 1 is 1.52 bits per heavy atom. The van der Waals surface area contributed by atoms with Gasteiger partial charge in [-0.2, -0.15) is 5.26 Å². The van der Waals surface area contributed by atoms with Gasteiger partial charge in [0.1, 0.15) is 11.1 Å². The lowest BCUT2D eigenvalue weighted by atomic mass is 10.0. The topological polar surface area (TPSA) is 77.8 Å². The van der Waals surface area contributed by atoms with Crippen molar-refractivity contribution in [3.63, 3.8) is 0 Å². The summed E-state index contributed by atoms with van der Waals surface area (Å²) in [5, 5.41) is 16.4. The summed E-state index contributed by atoms with van der Waals surface area (Å²) in [4.78, 5) is 17.8. The van der Waals surface area contributed by atoms with Crippen LogP contribution in [0, 0.1) is 17.2 Å². The summed E-state index contributed by atoms with van der Waals surface area (Å²) < 4.78 is 0. The third kappa shape index (κ3) is 2.62. The summed E-state index contributed by atoms with van der Waals surface area (Å²) in [6.45, 7) is 1.67. The maximum absolute atomic E-state index is 12.5. The van der Waals surface area contributed by atoms with Crippen LogP contribution in [0.2, 0.25) is 0 Å². The molecule has 0 aromatic carbocycles. The highest BCUT2D eigenvalue weighted by Crippen LogP contribution is 2.48. The van der Waals surface area contributed by atoms with Gasteiger partial charge in [-0.1, -0.05) is 6.07 Å². The molecule has 2 atom stereocenters. The van der Waals surface area contributed by atoms with Gasteiger partial charge in [0, 0.05) is 29.7 Å². The third-order valence-electron chi connectivity index (χ3n) is 4.52. The first kappa shape index (κ1) is 14.4. The second-order valence-electron chi connectivity index (χ2n) is 5.97. The molecule has 116 valence electrons. The standard InChI is InChI=1S/C17H16N4OS/c18-7-14-11-3-5-20-9-15(11)23-17(14)21-16(22)13-6-12(13)10-2-1-4-19-8-10/h1-2,4,8,12-13,20H,3,5-6,9H2,(H,21,22). The van der Waals surface area contributed by atoms with Crippen LogP contribution in [0.1, 0.15) is 33.9 Å². The van der Waals surface area contributed by atoms with Crippen molar-refractivity contribution < 1.29 is 4.79 Å². The summed E-state index contributed by atoms with van der Waals surface area (Å²) in [6.07, 6.45) is 5.27. The predicted molar refractivity (Wildman–Crippen MR) is 88.2 cm³/mol. The number of amides is 1. The summed E-state index contributed by atoms with van der Waals surface area (Å²) in [5.74, 6) is 0.260. The molecule has 0 radical (unpaired) electrons. The van der Waals surface area contributed by atoms with Crippen molar-refractivity contribution in [2.24, 2.45) is 5.92 Å². The van der Waals surface area contributed by atoms with E-state index in [2.05, 4.69) is 21.7 Å². The first-order valence-corrected chi connectivity index (χ1v) is 8.55. The molecule has 2 unspecified atom stereocenters. The minimum atomic E-state index is -0.0111. The van der Waals surface area contributed by atoms with Crippen LogP contribution in [-0.4, -0.2) is 17.4 Å². The summed E-state index contributed by atoms with van der Waals surface area (Å²) in [6, 6.07) is 6.18. The Labute approximate surface area is 138 Å². The van der Waals surface area contributed by atoms with Crippen molar-refractivity contribution in [3.8, 4) is 6.07 Å². The first-order valence-electron chi connectivity index (χ1n) is 7.74. The Hall–Kier alpha value is -2.23. The number of fused-ring (bicyclic) bond motifs is 1. The Bertz CT molecular complexity index is 793. The van der Waals surface area contributed by atoms with Crippen LogP contribution in [-0.2, 0) is 17.8 Å². The molecule has 23 heavy (non-hydrogen) atoms. The zero-order chi connectivity index (χ0) is 15.8. The molecule has 1 amide bonds. The molecule has 6 heteroatoms. The number of hydrogen-bond donors (Lipinski definition) is 2. The van der Waals surface area contributed by atoms with Crippen molar-refractivity contribution >= 4 is 22.2 Å². The quantitative estimate of drug-likeness (QED) is 0.909. The van der Waals surface area contributed by atoms with Crippen molar-refractivity contribution in [3.05, 3.63) is 46.1 Å². The van der Waals surface area contributed by atoms with E-state index in [9.17, 15) is 10.1 Å². The maximum atomic E-state index is 12.5. The molecule has 0 saturated heterocycles. The predicted octanol–water partition coefficient (Wildman–Crippen LogP) is 2.40. The summed E-state index contributed by atoms with van der Waals surface area (Å²) in [5.41, 5.74) is 2.87. The van der Waals surface area contributed by atoms with Gasteiger partial charge in [-0.3, -0.25) is 9.78 Å². The first-order chi connectivity index (χ1) is 11.3. The minimum Gasteiger partial charge on any atom is -0.316 e. The van der Waals surface area contributed by atoms with Gasteiger partial charge in [0.15, 0.2) is 0 Å². The molecule has 4 rings (SSSR count). The molecule has 5 nitrogen and oxygen atoms in total. The molecule has 2 aliphatic rings. The molecule has 1 aliphatic heterocycles. The number of aromatic nitrogens is 1. The lowest BCUT2D eigenvalue weighted by molar-refractivity contribution is -0.117. The van der Waals surface area contributed by atoms with E-state index in [1.165, 1.54) is 16.2 Å². The minimum absolute atomic E-state index is 0.0111. The summed E-state index contributed by atoms with van der Waals surface area (Å²) in [7, 11) is 0. The van der Waals surface area contributed by atoms with Crippen molar-refractivity contribution in [2.45, 2.75) is 25.3 Å². The molecule has 0 spiro atoms. The largest absolute Gasteiger partial charge is 0.316 e. The number of hydrogen-bond acceptors (Lipinski definition) is 5.